The molecule has 56 heavy (non-hydrogen) atoms. The Morgan fingerprint density at radius 3 is 0.893 bits per heavy atom. The number of halogens is 24. The third-order valence-electron chi connectivity index (χ3n) is 6.08. The standard InChI is InChI=1S/C18H29N6OP.6BF4/c1-2-10-18-17(9-1)19-20-24(18)25-26(21-11-3-4-12-21,22-13-5-6-14-22)23-15-7-8-16-23;6*2-1(3,4)5/h1-2,9-10,26H,3-8,11-16H2;;;;;;/q;6*-1. The molecule has 0 aliphatic carbocycles. The molecule has 1 aromatic heterocycles. The number of hydrogen-bond acceptors (Lipinski definition) is 6. The molecule has 0 bridgehead atoms. The van der Waals surface area contributed by atoms with E-state index in [4.69, 9.17) is 4.62 Å². The van der Waals surface area contributed by atoms with E-state index >= 15 is 0 Å². The monoisotopic (exact) mass is 898 g/mol. The van der Waals surface area contributed by atoms with Gasteiger partial charge in [-0.25, -0.2) is 0 Å². The van der Waals surface area contributed by atoms with E-state index in [1.807, 2.05) is 18.2 Å². The van der Waals surface area contributed by atoms with Gasteiger partial charge in [0.25, 0.3) is 0 Å². The van der Waals surface area contributed by atoms with Gasteiger partial charge in [0.05, 0.1) is 0 Å². The van der Waals surface area contributed by atoms with Crippen LogP contribution in [0.25, 0.3) is 11.0 Å². The molecule has 0 radical (unpaired) electrons. The Hall–Kier alpha value is -2.56. The molecule has 0 amide bonds. The molecule has 3 aliphatic heterocycles. The van der Waals surface area contributed by atoms with Crippen molar-refractivity contribution in [3.63, 3.8) is 0 Å². The van der Waals surface area contributed by atoms with Gasteiger partial charge in [-0.1, -0.05) is 0 Å². The summed E-state index contributed by atoms with van der Waals surface area (Å²) in [7, 11) is -38.5. The molecule has 0 N–H and O–H groups in total. The van der Waals surface area contributed by atoms with Gasteiger partial charge in [0, 0.05) is 0 Å². The fraction of sp³-hybridized carbons (Fsp3) is 0.667. The molecule has 7 nitrogen and oxygen atoms in total. The molecule has 3 saturated heterocycles. The molecule has 0 saturated carbocycles. The predicted octanol–water partition coefficient (Wildman–Crippen LogP) is 10.4. The van der Waals surface area contributed by atoms with Gasteiger partial charge >= 0.3 is 198 Å². The Morgan fingerprint density at radius 2 is 0.643 bits per heavy atom. The quantitative estimate of drug-likeness (QED) is 0.169. The summed E-state index contributed by atoms with van der Waals surface area (Å²) >= 11 is 0. The first-order chi connectivity index (χ1) is 24.9. The first-order valence-electron chi connectivity index (χ1n) is 15.4. The number of benzene rings is 1. The van der Waals surface area contributed by atoms with Crippen molar-refractivity contribution in [3.05, 3.63) is 24.3 Å². The van der Waals surface area contributed by atoms with Crippen LogP contribution in [-0.4, -0.2) is 112 Å². The van der Waals surface area contributed by atoms with E-state index in [1.165, 1.54) is 38.5 Å². The zero-order valence-corrected chi connectivity index (χ0v) is 28.9. The number of hydrogen-bond donors (Lipinski definition) is 0. The van der Waals surface area contributed by atoms with Crippen LogP contribution in [0.1, 0.15) is 38.5 Å². The van der Waals surface area contributed by atoms with E-state index in [1.54, 1.807) is 4.85 Å². The Labute approximate surface area is 302 Å². The average molecular weight is 897 g/mol. The zero-order chi connectivity index (χ0) is 44.4. The Balaban J connectivity index is 0. The molecule has 0 unspecified atom stereocenters. The second-order valence-corrected chi connectivity index (χ2v) is 13.9. The first-order valence-corrected chi connectivity index (χ1v) is 17.1. The second kappa shape index (κ2) is 23.7. The van der Waals surface area contributed by atoms with Gasteiger partial charge < -0.3 is 104 Å². The summed E-state index contributed by atoms with van der Waals surface area (Å²) in [6.07, 6.45) is 7.65. The SMILES string of the molecule is F[B-](F)(F)F.F[B-](F)(F)F.F[B-](F)(F)F.F[B-](F)(F)F.F[B-](F)(F)F.F[B-](F)(F)F.c1ccc2c(c1)nnn2O[PH](N1CCCC1)(N1CCCC1)N1CCCC1. The van der Waals surface area contributed by atoms with Crippen LogP contribution in [0, 0.1) is 0 Å². The summed E-state index contributed by atoms with van der Waals surface area (Å²) in [5, 5.41) is 8.73. The Bertz CT molecular complexity index is 1160. The molecule has 0 spiro atoms. The molecule has 3 fully saturated rings. The molecule has 0 atom stereocenters. The third kappa shape index (κ3) is 34.7. The summed E-state index contributed by atoms with van der Waals surface area (Å²) < 4.78 is 249. The van der Waals surface area contributed by atoms with Crippen molar-refractivity contribution in [3.8, 4) is 0 Å². The minimum absolute atomic E-state index is 0.902. The maximum atomic E-state index is 9.75. The van der Waals surface area contributed by atoms with Crippen LogP contribution in [0.15, 0.2) is 24.3 Å². The fourth-order valence-electron chi connectivity index (χ4n) is 4.83. The van der Waals surface area contributed by atoms with E-state index in [0.29, 0.717) is 0 Å². The van der Waals surface area contributed by atoms with Crippen molar-refractivity contribution in [2.75, 3.05) is 39.3 Å². The van der Waals surface area contributed by atoms with Crippen molar-refractivity contribution in [1.29, 1.82) is 0 Å². The zero-order valence-electron chi connectivity index (χ0n) is 27.9. The number of rotatable bonds is 5. The predicted molar refractivity (Wildman–Crippen MR) is 166 cm³/mol. The average Bonchev–Trinajstić information content (AvgIpc) is 3.75. The van der Waals surface area contributed by atoms with Crippen LogP contribution in [0.2, 0.25) is 0 Å². The van der Waals surface area contributed by atoms with E-state index in [-0.39, 0.29) is 0 Å². The van der Waals surface area contributed by atoms with E-state index in [2.05, 4.69) is 30.4 Å². The maximum absolute atomic E-state index is 9.75. The van der Waals surface area contributed by atoms with Crippen molar-refractivity contribution in [2.24, 2.45) is 0 Å². The van der Waals surface area contributed by atoms with Crippen LogP contribution in [0.4, 0.5) is 104 Å². The number of para-hydroxylation sites is 1. The van der Waals surface area contributed by atoms with Gasteiger partial charge in [-0.3, -0.25) is 0 Å². The number of aromatic nitrogens is 3. The summed E-state index contributed by atoms with van der Waals surface area (Å²) in [4.78, 5) is 1.73. The molecular weight excluding hydrogens is 868 g/mol. The van der Waals surface area contributed by atoms with E-state index < -0.39 is 51.5 Å². The molecule has 38 heteroatoms. The van der Waals surface area contributed by atoms with Gasteiger partial charge in [0.2, 0.25) is 0 Å². The first kappa shape index (κ1) is 55.5. The minimum atomic E-state index is -6.00. The van der Waals surface area contributed by atoms with Crippen molar-refractivity contribution >= 4 is 62.5 Å². The van der Waals surface area contributed by atoms with Gasteiger partial charge in [0.15, 0.2) is 0 Å². The van der Waals surface area contributed by atoms with Crippen LogP contribution in [0.3, 0.4) is 0 Å². The molecule has 3 aliphatic rings. The van der Waals surface area contributed by atoms with Crippen LogP contribution in [-0.2, 0) is 0 Å². The summed E-state index contributed by atoms with van der Waals surface area (Å²) in [5.41, 5.74) is 1.88. The van der Waals surface area contributed by atoms with Gasteiger partial charge in [-0.2, -0.15) is 0 Å². The molecule has 2 aromatic rings. The van der Waals surface area contributed by atoms with Gasteiger partial charge in [0.1, 0.15) is 0 Å². The summed E-state index contributed by atoms with van der Waals surface area (Å²) in [6, 6.07) is 8.11. The number of nitrogens with zero attached hydrogens (tertiary/aromatic N) is 6. The van der Waals surface area contributed by atoms with Crippen molar-refractivity contribution in [2.45, 2.75) is 38.5 Å². The topological polar surface area (TPSA) is 49.7 Å². The molecule has 4 heterocycles. The second-order valence-electron chi connectivity index (χ2n) is 10.7. The molecule has 334 valence electrons. The van der Waals surface area contributed by atoms with Crippen LogP contribution in [0.5, 0.6) is 0 Å². The van der Waals surface area contributed by atoms with Crippen LogP contribution >= 0.6 is 7.94 Å². The van der Waals surface area contributed by atoms with Gasteiger partial charge in [-0.15, -0.1) is 0 Å². The number of fused-ring (bicyclic) bond motifs is 1. The molecule has 1 aromatic carbocycles. The van der Waals surface area contributed by atoms with Crippen LogP contribution < -0.4 is 4.62 Å². The summed E-state index contributed by atoms with van der Waals surface area (Å²) in [6.45, 7) is 6.87. The molecule has 5 rings (SSSR count). The normalized spacial score (nSPS) is 17.6. The van der Waals surface area contributed by atoms with Crippen molar-refractivity contribution in [1.82, 2.24) is 29.2 Å². The third-order valence-corrected chi connectivity index (χ3v) is 10.3. The van der Waals surface area contributed by atoms with E-state index in [0.717, 1.165) is 50.3 Å². The van der Waals surface area contributed by atoms with Gasteiger partial charge in [-0.05, 0) is 0 Å². The fourth-order valence-corrected chi connectivity index (χ4v) is 9.44. The summed E-state index contributed by atoms with van der Waals surface area (Å²) in [5.74, 6) is 0. The van der Waals surface area contributed by atoms with Crippen molar-refractivity contribution < 1.29 is 108 Å². The Kier molecular flexibility index (Phi) is 23.6. The molecular formula is C18H29B6F24N6OP-6. The Morgan fingerprint density at radius 1 is 0.411 bits per heavy atom. The van der Waals surface area contributed by atoms with E-state index in [9.17, 15) is 104 Å².